The summed E-state index contributed by atoms with van der Waals surface area (Å²) in [5, 5.41) is 3.63. The van der Waals surface area contributed by atoms with Crippen molar-refractivity contribution in [2.45, 2.75) is 6.42 Å². The first kappa shape index (κ1) is 22.9. The third-order valence-corrected chi connectivity index (χ3v) is 7.44. The molecule has 190 valence electrons. The Balaban J connectivity index is 1.37. The molecule has 8 rings (SSSR count). The quantitative estimate of drug-likeness (QED) is 0.224. The molecular formula is C34H20ClN3O2. The first-order chi connectivity index (χ1) is 19.7. The molecule has 0 saturated heterocycles. The van der Waals surface area contributed by atoms with E-state index in [1.807, 2.05) is 91.0 Å². The molecule has 0 radical (unpaired) electrons. The van der Waals surface area contributed by atoms with E-state index in [1.54, 1.807) is 0 Å². The predicted molar refractivity (Wildman–Crippen MR) is 161 cm³/mol. The predicted octanol–water partition coefficient (Wildman–Crippen LogP) is 9.60. The molecule has 0 saturated carbocycles. The Morgan fingerprint density at radius 1 is 0.600 bits per heavy atom. The summed E-state index contributed by atoms with van der Waals surface area (Å²) in [6, 6.07) is 27.7. The lowest BCUT2D eigenvalue weighted by molar-refractivity contribution is 0.603. The van der Waals surface area contributed by atoms with Crippen molar-refractivity contribution in [3.05, 3.63) is 113 Å². The molecule has 0 fully saturated rings. The molecule has 3 heterocycles. The van der Waals surface area contributed by atoms with Gasteiger partial charge in [-0.05, 0) is 48.9 Å². The maximum absolute atomic E-state index is 6.26. The van der Waals surface area contributed by atoms with Gasteiger partial charge < -0.3 is 8.83 Å². The van der Waals surface area contributed by atoms with E-state index in [-0.39, 0.29) is 0 Å². The van der Waals surface area contributed by atoms with Crippen LogP contribution in [0.4, 0.5) is 0 Å². The molecular weight excluding hydrogens is 518 g/mol. The second-order valence-corrected chi connectivity index (χ2v) is 10.2. The lowest BCUT2D eigenvalue weighted by atomic mass is 10.0. The second kappa shape index (κ2) is 9.04. The van der Waals surface area contributed by atoms with Crippen LogP contribution in [0, 0.1) is 0 Å². The fourth-order valence-corrected chi connectivity index (χ4v) is 5.51. The molecule has 0 aliphatic heterocycles. The molecule has 7 aromatic rings. The highest BCUT2D eigenvalue weighted by Gasteiger charge is 2.20. The van der Waals surface area contributed by atoms with Crippen LogP contribution in [-0.4, -0.2) is 15.0 Å². The van der Waals surface area contributed by atoms with E-state index in [0.717, 1.165) is 67.3 Å². The number of furan rings is 2. The van der Waals surface area contributed by atoms with Crippen LogP contribution >= 0.6 is 11.6 Å². The molecule has 5 nitrogen and oxygen atoms in total. The summed E-state index contributed by atoms with van der Waals surface area (Å²) >= 11 is 6.26. The van der Waals surface area contributed by atoms with Gasteiger partial charge in [-0.15, -0.1) is 0 Å². The van der Waals surface area contributed by atoms with Crippen LogP contribution in [0.15, 0.2) is 106 Å². The normalized spacial score (nSPS) is 12.8. The molecule has 0 unspecified atom stereocenters. The van der Waals surface area contributed by atoms with E-state index in [0.29, 0.717) is 22.5 Å². The van der Waals surface area contributed by atoms with Crippen molar-refractivity contribution in [2.24, 2.45) is 0 Å². The second-order valence-electron chi connectivity index (χ2n) is 9.72. The molecule has 0 N–H and O–H groups in total. The number of aromatic nitrogens is 3. The monoisotopic (exact) mass is 537 g/mol. The topological polar surface area (TPSA) is 65.0 Å². The van der Waals surface area contributed by atoms with Crippen molar-refractivity contribution in [1.82, 2.24) is 15.0 Å². The Morgan fingerprint density at radius 2 is 1.43 bits per heavy atom. The number of allylic oxidation sites excluding steroid dienone is 2. The Bertz CT molecular complexity index is 2160. The van der Waals surface area contributed by atoms with Crippen molar-refractivity contribution in [3.63, 3.8) is 0 Å². The first-order valence-corrected chi connectivity index (χ1v) is 13.4. The Kier molecular flexibility index (Phi) is 5.18. The van der Waals surface area contributed by atoms with Gasteiger partial charge in [0.05, 0.1) is 0 Å². The molecule has 40 heavy (non-hydrogen) atoms. The van der Waals surface area contributed by atoms with Crippen LogP contribution < -0.4 is 0 Å². The third kappa shape index (κ3) is 3.74. The van der Waals surface area contributed by atoms with Crippen molar-refractivity contribution >= 4 is 56.7 Å². The average molecular weight is 538 g/mol. The van der Waals surface area contributed by atoms with Gasteiger partial charge in [0.1, 0.15) is 22.5 Å². The Hall–Kier alpha value is -5.00. The summed E-state index contributed by atoms with van der Waals surface area (Å²) in [5.74, 6) is 2.57. The average Bonchev–Trinajstić information content (AvgIpc) is 3.45. The highest BCUT2D eigenvalue weighted by Crippen LogP contribution is 2.38. The van der Waals surface area contributed by atoms with Crippen molar-refractivity contribution in [3.8, 4) is 34.2 Å². The summed E-state index contributed by atoms with van der Waals surface area (Å²) < 4.78 is 12.4. The highest BCUT2D eigenvalue weighted by molar-refractivity contribution is 6.31. The fourth-order valence-electron chi connectivity index (χ4n) is 5.34. The van der Waals surface area contributed by atoms with Gasteiger partial charge in [-0.3, -0.25) is 0 Å². The number of hydrogen-bond donors (Lipinski definition) is 0. The zero-order chi connectivity index (χ0) is 26.6. The summed E-state index contributed by atoms with van der Waals surface area (Å²) in [6.45, 7) is 0. The van der Waals surface area contributed by atoms with E-state index in [1.165, 1.54) is 0 Å². The summed E-state index contributed by atoms with van der Waals surface area (Å²) in [6.07, 6.45) is 9.24. The van der Waals surface area contributed by atoms with Crippen molar-refractivity contribution < 1.29 is 8.83 Å². The van der Waals surface area contributed by atoms with Crippen LogP contribution in [0.5, 0.6) is 0 Å². The molecule has 1 aliphatic rings. The number of hydrogen-bond acceptors (Lipinski definition) is 5. The zero-order valence-electron chi connectivity index (χ0n) is 21.1. The minimum Gasteiger partial charge on any atom is -0.456 e. The number of fused-ring (bicyclic) bond motifs is 6. The van der Waals surface area contributed by atoms with Crippen LogP contribution in [0.1, 0.15) is 17.7 Å². The van der Waals surface area contributed by atoms with Crippen molar-refractivity contribution in [1.29, 1.82) is 0 Å². The van der Waals surface area contributed by atoms with Gasteiger partial charge in [0.2, 0.25) is 0 Å². The zero-order valence-corrected chi connectivity index (χ0v) is 21.9. The van der Waals surface area contributed by atoms with Gasteiger partial charge in [-0.25, -0.2) is 15.0 Å². The minimum absolute atomic E-state index is 0.561. The molecule has 0 amide bonds. The molecule has 4 aromatic carbocycles. The number of rotatable bonds is 3. The summed E-state index contributed by atoms with van der Waals surface area (Å²) in [5.41, 5.74) is 5.99. The largest absolute Gasteiger partial charge is 0.456 e. The number of benzene rings is 4. The SMILES string of the molecule is Clc1ccc2oc3cc(-c4nc(-c5ccccc5)nc(-c5cccc6oc7c(c56)C=CCC=C7)n4)ccc3c2c1. The molecule has 0 atom stereocenters. The smallest absolute Gasteiger partial charge is 0.164 e. The molecule has 1 aliphatic carbocycles. The standard InChI is InChI=1S/C34H20ClN3O2/c35-22-15-17-28-26(19-22)23-16-14-21(18-30(23)40-28)33-36-32(20-8-3-1-4-9-20)37-34(38-33)25-11-7-13-29-31(25)24-10-5-2-6-12-27(24)39-29/h1,3-19H,2H2. The Morgan fingerprint density at radius 3 is 2.33 bits per heavy atom. The van der Waals surface area contributed by atoms with Gasteiger partial charge in [0.15, 0.2) is 17.5 Å². The summed E-state index contributed by atoms with van der Waals surface area (Å²) in [7, 11) is 0. The van der Waals surface area contributed by atoms with Gasteiger partial charge in [-0.2, -0.15) is 0 Å². The maximum atomic E-state index is 6.26. The van der Waals surface area contributed by atoms with Gasteiger partial charge in [-0.1, -0.05) is 78.4 Å². The van der Waals surface area contributed by atoms with E-state index in [4.69, 9.17) is 35.4 Å². The molecule has 3 aromatic heterocycles. The molecule has 6 heteroatoms. The Labute approximate surface area is 234 Å². The van der Waals surface area contributed by atoms with Crippen LogP contribution in [0.25, 0.3) is 79.2 Å². The lowest BCUT2D eigenvalue weighted by Crippen LogP contribution is -2.00. The van der Waals surface area contributed by atoms with E-state index < -0.39 is 0 Å². The molecule has 0 bridgehead atoms. The van der Waals surface area contributed by atoms with E-state index in [2.05, 4.69) is 18.2 Å². The van der Waals surface area contributed by atoms with Gasteiger partial charge >= 0.3 is 0 Å². The number of halogens is 1. The van der Waals surface area contributed by atoms with Gasteiger partial charge in [0.25, 0.3) is 0 Å². The first-order valence-electron chi connectivity index (χ1n) is 13.0. The van der Waals surface area contributed by atoms with E-state index >= 15 is 0 Å². The van der Waals surface area contributed by atoms with Crippen molar-refractivity contribution in [2.75, 3.05) is 0 Å². The van der Waals surface area contributed by atoms with E-state index in [9.17, 15) is 0 Å². The van der Waals surface area contributed by atoms with Crippen LogP contribution in [-0.2, 0) is 0 Å². The third-order valence-electron chi connectivity index (χ3n) is 7.21. The van der Waals surface area contributed by atoms with Crippen LogP contribution in [0.2, 0.25) is 5.02 Å². The lowest BCUT2D eigenvalue weighted by Gasteiger charge is -2.09. The summed E-state index contributed by atoms with van der Waals surface area (Å²) in [4.78, 5) is 14.9. The molecule has 0 spiro atoms. The van der Waals surface area contributed by atoms with Gasteiger partial charge in [0, 0.05) is 43.4 Å². The minimum atomic E-state index is 0.561. The number of nitrogens with zero attached hydrogens (tertiary/aromatic N) is 3. The maximum Gasteiger partial charge on any atom is 0.164 e. The highest BCUT2D eigenvalue weighted by atomic mass is 35.5. The fraction of sp³-hybridized carbons (Fsp3) is 0.0294. The van der Waals surface area contributed by atoms with Crippen LogP contribution in [0.3, 0.4) is 0 Å².